The van der Waals surface area contributed by atoms with Gasteiger partial charge in [0.05, 0.1) is 11.3 Å². The molecule has 0 aliphatic carbocycles. The molecule has 2 aromatic heterocycles. The number of carbonyl (C=O) groups excluding carboxylic acids is 1. The van der Waals surface area contributed by atoms with Crippen molar-refractivity contribution in [2.45, 2.75) is 45.2 Å². The lowest BCUT2D eigenvalue weighted by atomic mass is 10.0. The van der Waals surface area contributed by atoms with Crippen molar-refractivity contribution < 1.29 is 4.79 Å². The molecule has 1 atom stereocenters. The molecular formula is C19H25N5O. The number of aromatic nitrogens is 3. The lowest BCUT2D eigenvalue weighted by Crippen LogP contribution is -2.47. The van der Waals surface area contributed by atoms with E-state index in [2.05, 4.69) is 38.2 Å². The van der Waals surface area contributed by atoms with Gasteiger partial charge < -0.3 is 5.32 Å². The Morgan fingerprint density at radius 2 is 2.28 bits per heavy atom. The van der Waals surface area contributed by atoms with Gasteiger partial charge in [-0.15, -0.1) is 0 Å². The molecule has 0 aromatic carbocycles. The summed E-state index contributed by atoms with van der Waals surface area (Å²) in [7, 11) is 0. The zero-order valence-electron chi connectivity index (χ0n) is 14.7. The molecule has 2 aromatic rings. The van der Waals surface area contributed by atoms with E-state index in [0.717, 1.165) is 51.0 Å². The third-order valence-electron chi connectivity index (χ3n) is 4.50. The van der Waals surface area contributed by atoms with Crippen molar-refractivity contribution in [1.82, 2.24) is 25.2 Å². The topological polar surface area (TPSA) is 71.0 Å². The molecule has 1 aliphatic rings. The van der Waals surface area contributed by atoms with Crippen LogP contribution in [0.25, 0.3) is 0 Å². The van der Waals surface area contributed by atoms with Gasteiger partial charge in [0.25, 0.3) is 5.91 Å². The number of piperidine rings is 1. The normalized spacial score (nSPS) is 18.0. The zero-order valence-corrected chi connectivity index (χ0v) is 14.7. The zero-order chi connectivity index (χ0) is 17.5. The van der Waals surface area contributed by atoms with Crippen LogP contribution in [0, 0.1) is 0 Å². The SMILES string of the molecule is CCCc1ncncc1C(=O)N[C@@H]1CCCN(Cc2cccnc2)C1. The highest BCUT2D eigenvalue weighted by molar-refractivity contribution is 5.95. The Kier molecular flexibility index (Phi) is 6.06. The summed E-state index contributed by atoms with van der Waals surface area (Å²) in [6.45, 7) is 4.87. The Morgan fingerprint density at radius 1 is 1.36 bits per heavy atom. The lowest BCUT2D eigenvalue weighted by molar-refractivity contribution is 0.0899. The number of pyridine rings is 1. The molecule has 6 heteroatoms. The Labute approximate surface area is 148 Å². The van der Waals surface area contributed by atoms with Crippen LogP contribution in [-0.2, 0) is 13.0 Å². The van der Waals surface area contributed by atoms with Crippen LogP contribution in [0.1, 0.15) is 47.8 Å². The number of carbonyl (C=O) groups is 1. The molecule has 132 valence electrons. The molecule has 25 heavy (non-hydrogen) atoms. The van der Waals surface area contributed by atoms with Gasteiger partial charge >= 0.3 is 0 Å². The summed E-state index contributed by atoms with van der Waals surface area (Å²) >= 11 is 0. The van der Waals surface area contributed by atoms with Crippen LogP contribution in [0.15, 0.2) is 37.1 Å². The van der Waals surface area contributed by atoms with Crippen molar-refractivity contribution in [2.24, 2.45) is 0 Å². The van der Waals surface area contributed by atoms with Gasteiger partial charge in [-0.2, -0.15) is 0 Å². The second-order valence-corrected chi connectivity index (χ2v) is 6.54. The number of rotatable bonds is 6. The highest BCUT2D eigenvalue weighted by Crippen LogP contribution is 2.14. The number of nitrogens with zero attached hydrogens (tertiary/aromatic N) is 4. The number of aryl methyl sites for hydroxylation is 1. The lowest BCUT2D eigenvalue weighted by Gasteiger charge is -2.33. The molecule has 0 saturated carbocycles. The van der Waals surface area contributed by atoms with Crippen LogP contribution in [0.2, 0.25) is 0 Å². The van der Waals surface area contributed by atoms with Gasteiger partial charge in [-0.25, -0.2) is 9.97 Å². The van der Waals surface area contributed by atoms with Gasteiger partial charge in [-0.05, 0) is 37.4 Å². The summed E-state index contributed by atoms with van der Waals surface area (Å²) < 4.78 is 0. The summed E-state index contributed by atoms with van der Waals surface area (Å²) in [4.78, 5) is 27.5. The van der Waals surface area contributed by atoms with Gasteiger partial charge in [-0.3, -0.25) is 14.7 Å². The molecule has 1 fully saturated rings. The third kappa shape index (κ3) is 4.82. The van der Waals surface area contributed by atoms with E-state index in [9.17, 15) is 4.79 Å². The molecule has 1 N–H and O–H groups in total. The van der Waals surface area contributed by atoms with E-state index in [1.54, 1.807) is 12.4 Å². The van der Waals surface area contributed by atoms with E-state index in [1.165, 1.54) is 11.9 Å². The minimum Gasteiger partial charge on any atom is -0.348 e. The summed E-state index contributed by atoms with van der Waals surface area (Å²) in [6, 6.07) is 4.21. The standard InChI is InChI=1S/C19H25N5O/c1-2-5-18-17(11-21-14-22-18)19(25)23-16-7-4-9-24(13-16)12-15-6-3-8-20-10-15/h3,6,8,10-11,14,16H,2,4-5,7,9,12-13H2,1H3,(H,23,25)/t16-/m1/s1. The Bertz CT molecular complexity index is 691. The first-order valence-electron chi connectivity index (χ1n) is 8.97. The average molecular weight is 339 g/mol. The molecule has 0 unspecified atom stereocenters. The highest BCUT2D eigenvalue weighted by Gasteiger charge is 2.23. The van der Waals surface area contributed by atoms with Gasteiger partial charge in [0, 0.05) is 37.7 Å². The van der Waals surface area contributed by atoms with E-state index in [0.29, 0.717) is 5.56 Å². The quantitative estimate of drug-likeness (QED) is 0.874. The minimum atomic E-state index is -0.0581. The first-order chi connectivity index (χ1) is 12.3. The van der Waals surface area contributed by atoms with Crippen molar-refractivity contribution in [2.75, 3.05) is 13.1 Å². The molecule has 6 nitrogen and oxygen atoms in total. The van der Waals surface area contributed by atoms with E-state index in [4.69, 9.17) is 0 Å². The van der Waals surface area contributed by atoms with Gasteiger partial charge in [0.2, 0.25) is 0 Å². The molecule has 3 heterocycles. The number of nitrogens with one attached hydrogen (secondary N) is 1. The third-order valence-corrected chi connectivity index (χ3v) is 4.50. The number of hydrogen-bond donors (Lipinski definition) is 1. The second-order valence-electron chi connectivity index (χ2n) is 6.54. The number of likely N-dealkylation sites (tertiary alicyclic amines) is 1. The molecule has 0 radical (unpaired) electrons. The highest BCUT2D eigenvalue weighted by atomic mass is 16.1. The van der Waals surface area contributed by atoms with Crippen LogP contribution in [0.5, 0.6) is 0 Å². The predicted molar refractivity (Wildman–Crippen MR) is 96.0 cm³/mol. The van der Waals surface area contributed by atoms with Crippen molar-refractivity contribution in [3.8, 4) is 0 Å². The first kappa shape index (κ1) is 17.5. The van der Waals surface area contributed by atoms with E-state index >= 15 is 0 Å². The first-order valence-corrected chi connectivity index (χ1v) is 8.97. The van der Waals surface area contributed by atoms with Gasteiger partial charge in [0.15, 0.2) is 0 Å². The summed E-state index contributed by atoms with van der Waals surface area (Å²) in [5, 5.41) is 3.17. The van der Waals surface area contributed by atoms with Crippen molar-refractivity contribution in [1.29, 1.82) is 0 Å². The van der Waals surface area contributed by atoms with Crippen LogP contribution in [0.3, 0.4) is 0 Å². The molecule has 1 saturated heterocycles. The Balaban J connectivity index is 1.60. The molecule has 0 bridgehead atoms. The largest absolute Gasteiger partial charge is 0.348 e. The van der Waals surface area contributed by atoms with E-state index < -0.39 is 0 Å². The van der Waals surface area contributed by atoms with Crippen LogP contribution < -0.4 is 5.32 Å². The van der Waals surface area contributed by atoms with E-state index in [-0.39, 0.29) is 11.9 Å². The summed E-state index contributed by atoms with van der Waals surface area (Å²) in [5.74, 6) is -0.0581. The minimum absolute atomic E-state index is 0.0581. The fourth-order valence-electron chi connectivity index (χ4n) is 3.31. The monoisotopic (exact) mass is 339 g/mol. The maximum atomic E-state index is 12.7. The molecule has 1 aliphatic heterocycles. The average Bonchev–Trinajstić information content (AvgIpc) is 2.63. The summed E-state index contributed by atoms with van der Waals surface area (Å²) in [5.41, 5.74) is 2.64. The maximum Gasteiger partial charge on any atom is 0.254 e. The molecular weight excluding hydrogens is 314 g/mol. The second kappa shape index (κ2) is 8.67. The predicted octanol–water partition coefficient (Wildman–Crippen LogP) is 2.22. The van der Waals surface area contributed by atoms with Gasteiger partial charge in [0.1, 0.15) is 6.33 Å². The van der Waals surface area contributed by atoms with Crippen LogP contribution in [-0.4, -0.2) is 44.9 Å². The fraction of sp³-hybridized carbons (Fsp3) is 0.474. The number of hydrogen-bond acceptors (Lipinski definition) is 5. The van der Waals surface area contributed by atoms with Crippen LogP contribution >= 0.6 is 0 Å². The molecule has 0 spiro atoms. The van der Waals surface area contributed by atoms with Crippen molar-refractivity contribution >= 4 is 5.91 Å². The Morgan fingerprint density at radius 3 is 3.08 bits per heavy atom. The smallest absolute Gasteiger partial charge is 0.254 e. The molecule has 3 rings (SSSR count). The number of amides is 1. The van der Waals surface area contributed by atoms with Crippen molar-refractivity contribution in [3.05, 3.63) is 53.9 Å². The molecule has 1 amide bonds. The van der Waals surface area contributed by atoms with Crippen LogP contribution in [0.4, 0.5) is 0 Å². The van der Waals surface area contributed by atoms with Crippen molar-refractivity contribution in [3.63, 3.8) is 0 Å². The van der Waals surface area contributed by atoms with E-state index in [1.807, 2.05) is 12.3 Å². The maximum absolute atomic E-state index is 12.7. The summed E-state index contributed by atoms with van der Waals surface area (Å²) in [6.07, 6.45) is 10.7. The Hall–Kier alpha value is -2.34. The fourth-order valence-corrected chi connectivity index (χ4v) is 3.31. The van der Waals surface area contributed by atoms with Gasteiger partial charge in [-0.1, -0.05) is 19.4 Å².